The standard InChI is InChI=1S/C28H34ClN3O/c1-30(2)26-9-6-10-27(21-26)33-28(24-11-13-25(29)14-12-24)15-16-31-17-19-32(20-18-31)22-23-7-4-3-5-8-23/h3-14,21,28H,15-20,22H2,1-2H3. The smallest absolute Gasteiger partial charge is 0.125 e. The second-order valence-corrected chi connectivity index (χ2v) is 9.38. The zero-order valence-corrected chi connectivity index (χ0v) is 20.4. The van der Waals surface area contributed by atoms with Crippen LogP contribution >= 0.6 is 11.6 Å². The molecule has 174 valence electrons. The zero-order valence-electron chi connectivity index (χ0n) is 19.7. The number of nitrogens with zero attached hydrogens (tertiary/aromatic N) is 3. The number of hydrogen-bond donors (Lipinski definition) is 0. The first-order valence-electron chi connectivity index (χ1n) is 11.7. The molecule has 1 unspecified atom stereocenters. The van der Waals surface area contributed by atoms with Gasteiger partial charge in [-0.3, -0.25) is 4.90 Å². The van der Waals surface area contributed by atoms with E-state index in [0.29, 0.717) is 0 Å². The Morgan fingerprint density at radius 1 is 0.848 bits per heavy atom. The highest BCUT2D eigenvalue weighted by atomic mass is 35.5. The minimum atomic E-state index is -0.0120. The Morgan fingerprint density at radius 3 is 2.24 bits per heavy atom. The summed E-state index contributed by atoms with van der Waals surface area (Å²) in [7, 11) is 4.10. The Labute approximate surface area is 203 Å². The number of anilines is 1. The van der Waals surface area contributed by atoms with Gasteiger partial charge in [-0.2, -0.15) is 0 Å². The van der Waals surface area contributed by atoms with Gasteiger partial charge in [0.2, 0.25) is 0 Å². The zero-order chi connectivity index (χ0) is 23.0. The van der Waals surface area contributed by atoms with Crippen molar-refractivity contribution in [3.8, 4) is 5.75 Å². The average Bonchev–Trinajstić information content (AvgIpc) is 2.84. The van der Waals surface area contributed by atoms with Gasteiger partial charge in [0.25, 0.3) is 0 Å². The van der Waals surface area contributed by atoms with Crippen LogP contribution in [0.4, 0.5) is 5.69 Å². The lowest BCUT2D eigenvalue weighted by Crippen LogP contribution is -2.46. The molecule has 0 spiro atoms. The predicted molar refractivity (Wildman–Crippen MR) is 138 cm³/mol. The summed E-state index contributed by atoms with van der Waals surface area (Å²) < 4.78 is 6.52. The highest BCUT2D eigenvalue weighted by molar-refractivity contribution is 6.30. The molecule has 3 aromatic rings. The Morgan fingerprint density at radius 2 is 1.55 bits per heavy atom. The number of benzene rings is 3. The van der Waals surface area contributed by atoms with Crippen molar-refractivity contribution in [3.63, 3.8) is 0 Å². The molecular weight excluding hydrogens is 430 g/mol. The molecule has 5 heteroatoms. The Bertz CT molecular complexity index is 986. The molecular formula is C28H34ClN3O. The van der Waals surface area contributed by atoms with Crippen molar-refractivity contribution in [2.75, 3.05) is 51.7 Å². The first kappa shape index (κ1) is 23.6. The third kappa shape index (κ3) is 6.97. The van der Waals surface area contributed by atoms with Gasteiger partial charge in [-0.05, 0) is 35.4 Å². The average molecular weight is 464 g/mol. The molecule has 1 atom stereocenters. The van der Waals surface area contributed by atoms with E-state index >= 15 is 0 Å². The van der Waals surface area contributed by atoms with Crippen LogP contribution in [-0.2, 0) is 6.54 Å². The largest absolute Gasteiger partial charge is 0.486 e. The monoisotopic (exact) mass is 463 g/mol. The molecule has 0 amide bonds. The Balaban J connectivity index is 1.36. The molecule has 0 radical (unpaired) electrons. The molecule has 4 rings (SSSR count). The van der Waals surface area contributed by atoms with E-state index in [1.54, 1.807) is 0 Å². The quantitative estimate of drug-likeness (QED) is 0.403. The summed E-state index contributed by atoms with van der Waals surface area (Å²) in [5, 5.41) is 0.752. The van der Waals surface area contributed by atoms with E-state index < -0.39 is 0 Å². The number of rotatable bonds is 9. The fraction of sp³-hybridized carbons (Fsp3) is 0.357. The minimum absolute atomic E-state index is 0.0120. The number of halogens is 1. The predicted octanol–water partition coefficient (Wildman–Crippen LogP) is 5.73. The summed E-state index contributed by atoms with van der Waals surface area (Å²) in [5.41, 5.74) is 3.69. The number of ether oxygens (including phenoxy) is 1. The van der Waals surface area contributed by atoms with Crippen LogP contribution in [0.25, 0.3) is 0 Å². The van der Waals surface area contributed by atoms with Gasteiger partial charge in [-0.1, -0.05) is 60.1 Å². The first-order valence-corrected chi connectivity index (χ1v) is 12.1. The van der Waals surface area contributed by atoms with Crippen LogP contribution in [0.1, 0.15) is 23.7 Å². The lowest BCUT2D eigenvalue weighted by molar-refractivity contribution is 0.107. The van der Waals surface area contributed by atoms with Crippen molar-refractivity contribution in [2.45, 2.75) is 19.1 Å². The van der Waals surface area contributed by atoms with Gasteiger partial charge < -0.3 is 14.5 Å². The van der Waals surface area contributed by atoms with Crippen molar-refractivity contribution < 1.29 is 4.74 Å². The van der Waals surface area contributed by atoms with Crippen LogP contribution in [0.2, 0.25) is 5.02 Å². The molecule has 4 nitrogen and oxygen atoms in total. The summed E-state index contributed by atoms with van der Waals surface area (Å²) in [6.45, 7) is 6.44. The topological polar surface area (TPSA) is 19.0 Å². The van der Waals surface area contributed by atoms with E-state index in [9.17, 15) is 0 Å². The van der Waals surface area contributed by atoms with Gasteiger partial charge in [-0.25, -0.2) is 0 Å². The van der Waals surface area contributed by atoms with Crippen LogP contribution in [-0.4, -0.2) is 56.6 Å². The molecule has 0 aliphatic carbocycles. The summed E-state index contributed by atoms with van der Waals surface area (Å²) >= 11 is 6.14. The molecule has 1 aliphatic heterocycles. The maximum absolute atomic E-state index is 6.52. The van der Waals surface area contributed by atoms with E-state index in [-0.39, 0.29) is 6.10 Å². The van der Waals surface area contributed by atoms with Crippen molar-refractivity contribution in [2.24, 2.45) is 0 Å². The number of piperazine rings is 1. The molecule has 0 saturated carbocycles. The molecule has 0 aromatic heterocycles. The van der Waals surface area contributed by atoms with Crippen LogP contribution in [0, 0.1) is 0 Å². The SMILES string of the molecule is CN(C)c1cccc(OC(CCN2CCN(Cc3ccccc3)CC2)c2ccc(Cl)cc2)c1. The van der Waals surface area contributed by atoms with E-state index in [1.165, 1.54) is 5.56 Å². The maximum atomic E-state index is 6.52. The maximum Gasteiger partial charge on any atom is 0.125 e. The second-order valence-electron chi connectivity index (χ2n) is 8.94. The minimum Gasteiger partial charge on any atom is -0.486 e. The van der Waals surface area contributed by atoms with E-state index in [1.807, 2.05) is 32.3 Å². The normalized spacial score (nSPS) is 15.8. The van der Waals surface area contributed by atoms with Crippen LogP contribution in [0.5, 0.6) is 5.75 Å². The highest BCUT2D eigenvalue weighted by Crippen LogP contribution is 2.28. The van der Waals surface area contributed by atoms with Crippen molar-refractivity contribution >= 4 is 17.3 Å². The molecule has 3 aromatic carbocycles. The van der Waals surface area contributed by atoms with E-state index in [4.69, 9.17) is 16.3 Å². The van der Waals surface area contributed by atoms with Crippen LogP contribution in [0.3, 0.4) is 0 Å². The third-order valence-electron chi connectivity index (χ3n) is 6.28. The van der Waals surface area contributed by atoms with Crippen molar-refractivity contribution in [1.29, 1.82) is 0 Å². The summed E-state index contributed by atoms with van der Waals surface area (Å²) in [6.07, 6.45) is 0.925. The molecule has 1 saturated heterocycles. The molecule has 0 N–H and O–H groups in total. The van der Waals surface area contributed by atoms with Gasteiger partial charge >= 0.3 is 0 Å². The van der Waals surface area contributed by atoms with Crippen LogP contribution in [0.15, 0.2) is 78.9 Å². The van der Waals surface area contributed by atoms with Gasteiger partial charge in [0, 0.05) is 76.6 Å². The van der Waals surface area contributed by atoms with Gasteiger partial charge in [0.15, 0.2) is 0 Å². The summed E-state index contributed by atoms with van der Waals surface area (Å²) in [5.74, 6) is 0.897. The Hall–Kier alpha value is -2.53. The van der Waals surface area contributed by atoms with Crippen molar-refractivity contribution in [1.82, 2.24) is 9.80 Å². The highest BCUT2D eigenvalue weighted by Gasteiger charge is 2.20. The lowest BCUT2D eigenvalue weighted by Gasteiger charge is -2.35. The Kier molecular flexibility index (Phi) is 8.27. The molecule has 1 heterocycles. The summed E-state index contributed by atoms with van der Waals surface area (Å²) in [4.78, 5) is 7.20. The summed E-state index contributed by atoms with van der Waals surface area (Å²) in [6, 6.07) is 27.1. The number of hydrogen-bond acceptors (Lipinski definition) is 4. The molecule has 1 aliphatic rings. The van der Waals surface area contributed by atoms with Gasteiger partial charge in [0.05, 0.1) is 0 Å². The lowest BCUT2D eigenvalue weighted by atomic mass is 10.1. The van der Waals surface area contributed by atoms with Gasteiger partial charge in [0.1, 0.15) is 11.9 Å². The molecule has 1 fully saturated rings. The fourth-order valence-electron chi connectivity index (χ4n) is 4.28. The first-order chi connectivity index (χ1) is 16.1. The van der Waals surface area contributed by atoms with Crippen molar-refractivity contribution in [3.05, 3.63) is 95.0 Å². The fourth-order valence-corrected chi connectivity index (χ4v) is 4.41. The van der Waals surface area contributed by atoms with E-state index in [0.717, 1.165) is 67.7 Å². The molecule has 33 heavy (non-hydrogen) atoms. The molecule has 0 bridgehead atoms. The van der Waals surface area contributed by atoms with E-state index in [2.05, 4.69) is 75.4 Å². The second kappa shape index (κ2) is 11.6. The van der Waals surface area contributed by atoms with Gasteiger partial charge in [-0.15, -0.1) is 0 Å². The third-order valence-corrected chi connectivity index (χ3v) is 6.53. The van der Waals surface area contributed by atoms with Crippen LogP contribution < -0.4 is 9.64 Å².